The number of benzene rings is 2. The van der Waals surface area contributed by atoms with Gasteiger partial charge in [-0.2, -0.15) is 13.2 Å². The van der Waals surface area contributed by atoms with Crippen molar-refractivity contribution in [2.24, 2.45) is 5.92 Å². The van der Waals surface area contributed by atoms with Crippen LogP contribution in [-0.2, 0) is 6.18 Å². The van der Waals surface area contributed by atoms with E-state index in [1.807, 2.05) is 31.2 Å². The maximum Gasteiger partial charge on any atom is 0.417 e. The molecule has 0 aromatic heterocycles. The van der Waals surface area contributed by atoms with E-state index in [2.05, 4.69) is 17.3 Å². The smallest absolute Gasteiger partial charge is 0.343 e. The first kappa shape index (κ1) is 22.2. The minimum absolute atomic E-state index is 0.154. The standard InChI is InChI=1S/C24H26ClF3N2O/c1-15-6-3-4-7-17(15)21(23-12-10-16(11-13-23)14-30(23)2)29-22(31)18-8-5-9-19(20(18)25)24(26,27)28/h3-9,16,21H,10-14H2,1-2H3,(H,29,31). The Morgan fingerprint density at radius 3 is 2.45 bits per heavy atom. The molecule has 0 radical (unpaired) electrons. The number of fused-ring (bicyclic) bond motifs is 3. The molecule has 31 heavy (non-hydrogen) atoms. The van der Waals surface area contributed by atoms with Gasteiger partial charge in [0, 0.05) is 12.1 Å². The number of alkyl halides is 3. The van der Waals surface area contributed by atoms with Crippen LogP contribution in [0.4, 0.5) is 13.2 Å². The monoisotopic (exact) mass is 450 g/mol. The molecule has 1 unspecified atom stereocenters. The number of hydrogen-bond acceptors (Lipinski definition) is 2. The van der Waals surface area contributed by atoms with Crippen LogP contribution in [0.3, 0.4) is 0 Å². The van der Waals surface area contributed by atoms with Gasteiger partial charge in [0.05, 0.1) is 22.2 Å². The normalized spacial score (nSPS) is 24.8. The average Bonchev–Trinajstić information content (AvgIpc) is 2.72. The quantitative estimate of drug-likeness (QED) is 0.618. The molecule has 0 spiro atoms. The number of amides is 1. The van der Waals surface area contributed by atoms with E-state index in [1.165, 1.54) is 12.1 Å². The van der Waals surface area contributed by atoms with E-state index in [9.17, 15) is 18.0 Å². The second kappa shape index (κ2) is 8.14. The number of carbonyl (C=O) groups excluding carboxylic acids is 1. The Kier molecular flexibility index (Phi) is 5.81. The van der Waals surface area contributed by atoms with E-state index in [4.69, 9.17) is 11.6 Å². The lowest BCUT2D eigenvalue weighted by molar-refractivity contribution is -0.137. The highest BCUT2D eigenvalue weighted by molar-refractivity contribution is 6.34. The molecule has 1 aliphatic carbocycles. The number of nitrogens with zero attached hydrogens (tertiary/aromatic N) is 1. The predicted molar refractivity (Wildman–Crippen MR) is 115 cm³/mol. The largest absolute Gasteiger partial charge is 0.417 e. The van der Waals surface area contributed by atoms with Gasteiger partial charge in [-0.05, 0) is 68.8 Å². The number of nitrogens with one attached hydrogen (secondary N) is 1. The van der Waals surface area contributed by atoms with Crippen LogP contribution in [0.2, 0.25) is 5.02 Å². The molecule has 2 bridgehead atoms. The SMILES string of the molecule is Cc1ccccc1C(NC(=O)c1cccc(C(F)(F)F)c1Cl)C12CCC(CC1)CN2C. The van der Waals surface area contributed by atoms with Crippen LogP contribution in [0, 0.1) is 12.8 Å². The third-order valence-electron chi connectivity index (χ3n) is 7.12. The molecule has 3 fully saturated rings. The molecule has 3 aliphatic rings. The van der Waals surface area contributed by atoms with Gasteiger partial charge in [-0.25, -0.2) is 0 Å². The Morgan fingerprint density at radius 1 is 1.16 bits per heavy atom. The molecule has 1 amide bonds. The first-order valence-corrected chi connectivity index (χ1v) is 10.9. The first-order valence-electron chi connectivity index (χ1n) is 10.6. The number of rotatable bonds is 4. The van der Waals surface area contributed by atoms with Crippen molar-refractivity contribution in [1.29, 1.82) is 0 Å². The molecule has 1 saturated carbocycles. The summed E-state index contributed by atoms with van der Waals surface area (Å²) in [6, 6.07) is 11.0. The molecule has 166 valence electrons. The second-order valence-electron chi connectivity index (χ2n) is 8.86. The molecular weight excluding hydrogens is 425 g/mol. The molecular formula is C24H26ClF3N2O. The fourth-order valence-corrected chi connectivity index (χ4v) is 5.69. The molecule has 2 heterocycles. The summed E-state index contributed by atoms with van der Waals surface area (Å²) in [4.78, 5) is 15.6. The van der Waals surface area contributed by atoms with E-state index in [1.54, 1.807) is 0 Å². The molecule has 2 aromatic carbocycles. The van der Waals surface area contributed by atoms with Gasteiger partial charge in [0.25, 0.3) is 5.91 Å². The highest BCUT2D eigenvalue weighted by atomic mass is 35.5. The zero-order chi connectivity index (χ0) is 22.4. The zero-order valence-electron chi connectivity index (χ0n) is 17.6. The van der Waals surface area contributed by atoms with Crippen molar-refractivity contribution in [2.75, 3.05) is 13.6 Å². The van der Waals surface area contributed by atoms with Gasteiger partial charge < -0.3 is 5.32 Å². The van der Waals surface area contributed by atoms with Crippen LogP contribution in [-0.4, -0.2) is 29.9 Å². The summed E-state index contributed by atoms with van der Waals surface area (Å²) < 4.78 is 39.9. The van der Waals surface area contributed by atoms with Crippen molar-refractivity contribution < 1.29 is 18.0 Å². The van der Waals surface area contributed by atoms with Crippen LogP contribution < -0.4 is 5.32 Å². The van der Waals surface area contributed by atoms with Crippen LogP contribution in [0.25, 0.3) is 0 Å². The van der Waals surface area contributed by atoms with Gasteiger partial charge in [-0.3, -0.25) is 9.69 Å². The van der Waals surface area contributed by atoms with Crippen LogP contribution in [0.1, 0.15) is 58.8 Å². The summed E-state index contributed by atoms with van der Waals surface area (Å²) in [6.07, 6.45) is -0.573. The first-order chi connectivity index (χ1) is 14.6. The summed E-state index contributed by atoms with van der Waals surface area (Å²) in [5.74, 6) is 0.0813. The number of hydrogen-bond donors (Lipinski definition) is 1. The van der Waals surface area contributed by atoms with E-state index >= 15 is 0 Å². The van der Waals surface area contributed by atoms with E-state index in [0.717, 1.165) is 49.4 Å². The van der Waals surface area contributed by atoms with Crippen molar-refractivity contribution in [3.63, 3.8) is 0 Å². The summed E-state index contributed by atoms with van der Waals surface area (Å²) in [5.41, 5.74) is 0.607. The minimum atomic E-state index is -4.62. The number of piperidine rings is 2. The van der Waals surface area contributed by atoms with Crippen LogP contribution >= 0.6 is 11.6 Å². The van der Waals surface area contributed by atoms with Gasteiger partial charge in [-0.1, -0.05) is 41.9 Å². The lowest BCUT2D eigenvalue weighted by Gasteiger charge is -2.57. The molecule has 2 aromatic rings. The number of halogens is 4. The summed E-state index contributed by atoms with van der Waals surface area (Å²) in [7, 11) is 2.08. The lowest BCUT2D eigenvalue weighted by atomic mass is 9.65. The highest BCUT2D eigenvalue weighted by Crippen LogP contribution is 2.49. The van der Waals surface area contributed by atoms with Gasteiger partial charge in [0.1, 0.15) is 0 Å². The Bertz CT molecular complexity index is 983. The van der Waals surface area contributed by atoms with Crippen molar-refractivity contribution >= 4 is 17.5 Å². The van der Waals surface area contributed by atoms with E-state index in [-0.39, 0.29) is 17.1 Å². The summed E-state index contributed by atoms with van der Waals surface area (Å²) in [5, 5.41) is 2.53. The zero-order valence-corrected chi connectivity index (χ0v) is 18.4. The van der Waals surface area contributed by atoms with E-state index in [0.29, 0.717) is 5.92 Å². The molecule has 1 atom stereocenters. The molecule has 5 rings (SSSR count). The minimum Gasteiger partial charge on any atom is -0.343 e. The van der Waals surface area contributed by atoms with Gasteiger partial charge in [0.15, 0.2) is 0 Å². The Hall–Kier alpha value is -2.05. The summed E-state index contributed by atoms with van der Waals surface area (Å²) >= 11 is 6.05. The van der Waals surface area contributed by atoms with Gasteiger partial charge in [0.2, 0.25) is 0 Å². The van der Waals surface area contributed by atoms with Gasteiger partial charge in [-0.15, -0.1) is 0 Å². The molecule has 3 nitrogen and oxygen atoms in total. The van der Waals surface area contributed by atoms with Crippen molar-refractivity contribution in [3.05, 3.63) is 69.7 Å². The Labute approximate surface area is 185 Å². The maximum absolute atomic E-state index is 13.3. The third kappa shape index (κ3) is 3.96. The predicted octanol–water partition coefficient (Wildman–Crippen LogP) is 6.01. The third-order valence-corrected chi connectivity index (χ3v) is 7.53. The van der Waals surface area contributed by atoms with Crippen LogP contribution in [0.5, 0.6) is 0 Å². The number of likely N-dealkylation sites (N-methyl/N-ethyl adjacent to an activating group) is 1. The molecule has 7 heteroatoms. The fourth-order valence-electron chi connectivity index (χ4n) is 5.37. The van der Waals surface area contributed by atoms with Gasteiger partial charge >= 0.3 is 6.18 Å². The van der Waals surface area contributed by atoms with Crippen molar-refractivity contribution in [2.45, 2.75) is 50.4 Å². The number of aryl methyl sites for hydroxylation is 1. The maximum atomic E-state index is 13.3. The topological polar surface area (TPSA) is 32.3 Å². The Morgan fingerprint density at radius 2 is 1.84 bits per heavy atom. The second-order valence-corrected chi connectivity index (χ2v) is 9.23. The highest BCUT2D eigenvalue weighted by Gasteiger charge is 2.50. The summed E-state index contributed by atoms with van der Waals surface area (Å²) in [6.45, 7) is 2.96. The number of carbonyl (C=O) groups is 1. The molecule has 2 aliphatic heterocycles. The molecule has 2 saturated heterocycles. The fraction of sp³-hybridized carbons (Fsp3) is 0.458. The lowest BCUT2D eigenvalue weighted by Crippen LogP contribution is -2.62. The van der Waals surface area contributed by atoms with Crippen molar-refractivity contribution in [1.82, 2.24) is 10.2 Å². The van der Waals surface area contributed by atoms with Crippen LogP contribution in [0.15, 0.2) is 42.5 Å². The Balaban J connectivity index is 1.75. The van der Waals surface area contributed by atoms with Crippen molar-refractivity contribution in [3.8, 4) is 0 Å². The van der Waals surface area contributed by atoms with E-state index < -0.39 is 22.7 Å². The molecule has 1 N–H and O–H groups in total. The average molecular weight is 451 g/mol.